The van der Waals surface area contributed by atoms with Crippen LogP contribution in [0.25, 0.3) is 32.7 Å². The van der Waals surface area contributed by atoms with Crippen LogP contribution in [0, 0.1) is 29.1 Å². The number of hydrogen-bond donors (Lipinski definition) is 0. The van der Waals surface area contributed by atoms with Crippen LogP contribution in [0.4, 0.5) is 22.0 Å². The third-order valence-electron chi connectivity index (χ3n) is 4.68. The van der Waals surface area contributed by atoms with Crippen molar-refractivity contribution in [3.8, 4) is 11.1 Å². The molecule has 0 aliphatic carbocycles. The molecule has 0 atom stereocenters. The van der Waals surface area contributed by atoms with Gasteiger partial charge in [-0.15, -0.1) is 51.4 Å². The summed E-state index contributed by atoms with van der Waals surface area (Å²) in [7, 11) is 0. The summed E-state index contributed by atoms with van der Waals surface area (Å²) in [6.45, 7) is 4.25. The maximum atomic E-state index is 13.2. The quantitative estimate of drug-likeness (QED) is 0.120. The van der Waals surface area contributed by atoms with E-state index < -0.39 is 34.6 Å². The molecule has 5 rings (SSSR count). The van der Waals surface area contributed by atoms with Gasteiger partial charge in [0.25, 0.3) is 0 Å². The Hall–Kier alpha value is -2.14. The summed E-state index contributed by atoms with van der Waals surface area (Å²) in [5, 5.41) is 5.39. The molecule has 0 fully saturated rings. The van der Waals surface area contributed by atoms with Gasteiger partial charge in [0.1, 0.15) is 11.6 Å². The number of benzene rings is 3. The van der Waals surface area contributed by atoms with Crippen molar-refractivity contribution in [2.75, 3.05) is 0 Å². The second-order valence-electron chi connectivity index (χ2n) is 7.44. The fraction of sp³-hybridized carbons (Fsp3) is 0.0741. The molecule has 0 spiro atoms. The van der Waals surface area contributed by atoms with Gasteiger partial charge in [0.05, 0.1) is 0 Å². The Morgan fingerprint density at radius 1 is 0.629 bits per heavy atom. The van der Waals surface area contributed by atoms with Crippen LogP contribution >= 0.6 is 0 Å². The van der Waals surface area contributed by atoms with Crippen LogP contribution in [-0.4, -0.2) is 3.21 Å². The molecule has 5 aromatic rings. The first-order valence-corrected chi connectivity index (χ1v) is 11.2. The summed E-state index contributed by atoms with van der Waals surface area (Å²) in [5.41, 5.74) is -0.950. The summed E-state index contributed by atoms with van der Waals surface area (Å²) in [5.74, 6) is -9.65. The minimum Gasteiger partial charge on any atom is -1.00 e. The fourth-order valence-electron chi connectivity index (χ4n) is 3.30. The Balaban J connectivity index is 0.000000293. The molecule has 0 amide bonds. The summed E-state index contributed by atoms with van der Waals surface area (Å²) in [4.78, 5) is 0. The third-order valence-corrected chi connectivity index (χ3v) is 4.68. The molecule has 0 radical (unpaired) electrons. The van der Waals surface area contributed by atoms with E-state index in [1.165, 1.54) is 49.0 Å². The third kappa shape index (κ3) is 7.19. The average Bonchev–Trinajstić information content (AvgIpc) is 3.45. The predicted octanol–water partition coefficient (Wildman–Crippen LogP) is 2.23. The molecular weight excluding hydrogens is 581 g/mol. The van der Waals surface area contributed by atoms with Crippen molar-refractivity contribution in [2.45, 2.75) is 13.8 Å². The van der Waals surface area contributed by atoms with Crippen molar-refractivity contribution in [1.82, 2.24) is 0 Å². The summed E-state index contributed by atoms with van der Waals surface area (Å²) in [6.07, 6.45) is 0. The Kier molecular flexibility index (Phi) is 12.2. The van der Waals surface area contributed by atoms with Crippen molar-refractivity contribution in [3.05, 3.63) is 108 Å². The van der Waals surface area contributed by atoms with Crippen molar-refractivity contribution in [2.24, 2.45) is 0 Å². The molecule has 0 aliphatic rings. The Morgan fingerprint density at radius 3 is 1.43 bits per heavy atom. The van der Waals surface area contributed by atoms with E-state index in [-0.39, 0.29) is 30.4 Å². The molecule has 182 valence electrons. The second-order valence-corrected chi connectivity index (χ2v) is 9.90. The zero-order chi connectivity index (χ0) is 24.1. The van der Waals surface area contributed by atoms with E-state index in [1.807, 2.05) is 0 Å². The van der Waals surface area contributed by atoms with Gasteiger partial charge in [0.15, 0.2) is 17.5 Å². The normalized spacial score (nSPS) is 9.86. The zero-order valence-electron chi connectivity index (χ0n) is 18.7. The van der Waals surface area contributed by atoms with Gasteiger partial charge in [-0.05, 0) is 5.56 Å². The van der Waals surface area contributed by atoms with Gasteiger partial charge < -0.3 is 24.8 Å². The van der Waals surface area contributed by atoms with Crippen molar-refractivity contribution in [1.29, 1.82) is 0 Å². The van der Waals surface area contributed by atoms with Crippen molar-refractivity contribution >= 4 is 24.8 Å². The monoisotopic (exact) mass is 598 g/mol. The van der Waals surface area contributed by atoms with Crippen LogP contribution in [0.15, 0.2) is 78.9 Å². The SMILES string of the molecule is C[C](C)=[Zr+2].Fc1c(F)c(F)c(-c2ccc[cH-]2)c(F)c1F.[Cl-].[Cl-].c1ccc2c(c1)[cH-]c1ccccc12. The van der Waals surface area contributed by atoms with Crippen molar-refractivity contribution < 1.29 is 71.0 Å². The Labute approximate surface area is 227 Å². The van der Waals surface area contributed by atoms with Crippen LogP contribution < -0.4 is 24.8 Å². The summed E-state index contributed by atoms with van der Waals surface area (Å²) < 4.78 is 66.4. The van der Waals surface area contributed by atoms with Gasteiger partial charge in [0, 0.05) is 0 Å². The maximum Gasteiger partial charge on any atom is 0.198 e. The molecule has 35 heavy (non-hydrogen) atoms. The molecule has 0 saturated carbocycles. The van der Waals surface area contributed by atoms with Gasteiger partial charge in [-0.1, -0.05) is 36.4 Å². The van der Waals surface area contributed by atoms with Crippen LogP contribution in [0.1, 0.15) is 13.8 Å². The van der Waals surface area contributed by atoms with E-state index in [4.69, 9.17) is 0 Å². The number of hydrogen-bond acceptors (Lipinski definition) is 0. The van der Waals surface area contributed by atoms with Gasteiger partial charge in [0.2, 0.25) is 0 Å². The van der Waals surface area contributed by atoms with Crippen LogP contribution in [-0.2, 0) is 24.2 Å². The largest absolute Gasteiger partial charge is 1.00 e. The summed E-state index contributed by atoms with van der Waals surface area (Å²) >= 11 is 1.55. The molecule has 5 aromatic carbocycles. The van der Waals surface area contributed by atoms with Gasteiger partial charge >= 0.3 is 41.3 Å². The maximum absolute atomic E-state index is 13.2. The van der Waals surface area contributed by atoms with E-state index in [1.54, 1.807) is 24.2 Å². The number of halogens is 7. The topological polar surface area (TPSA) is 0 Å². The van der Waals surface area contributed by atoms with Crippen molar-refractivity contribution in [3.63, 3.8) is 0 Å². The standard InChI is InChI=1S/C13H9.C11H4F5.C3H6.2ClH.Zr/c1-3-7-12-10(5-1)9-11-6-2-4-8-13(11)12;12-7-6(5-3-1-2-4-5)8(13)10(15)11(16)9(7)14;1-3-2;;;/h1-9H;1-4H;1-2H3;2*1H;/q2*-1;;;;+2/p-2. The molecule has 0 N–H and O–H groups in total. The average molecular weight is 601 g/mol. The molecule has 0 heterocycles. The first-order valence-electron chi connectivity index (χ1n) is 10.0. The molecule has 8 heteroatoms. The van der Waals surface area contributed by atoms with Crippen LogP contribution in [0.3, 0.4) is 0 Å². The molecule has 0 saturated heterocycles. The Bertz CT molecular complexity index is 1330. The predicted molar refractivity (Wildman–Crippen MR) is 121 cm³/mol. The van der Waals surface area contributed by atoms with E-state index >= 15 is 0 Å². The second kappa shape index (κ2) is 13.8. The smallest absolute Gasteiger partial charge is 0.198 e. The van der Waals surface area contributed by atoms with Crippen LogP contribution in [0.5, 0.6) is 0 Å². The van der Waals surface area contributed by atoms with E-state index in [0.717, 1.165) is 0 Å². The first-order chi connectivity index (χ1) is 15.7. The van der Waals surface area contributed by atoms with E-state index in [2.05, 4.69) is 68.4 Å². The summed E-state index contributed by atoms with van der Waals surface area (Å²) in [6, 6.07) is 24.7. The van der Waals surface area contributed by atoms with E-state index in [9.17, 15) is 22.0 Å². The first kappa shape index (κ1) is 30.9. The van der Waals surface area contributed by atoms with Gasteiger partial charge in [-0.2, -0.15) is 18.2 Å². The number of fused-ring (bicyclic) bond motifs is 3. The molecule has 0 aliphatic heterocycles. The van der Waals surface area contributed by atoms with Crippen LogP contribution in [0.2, 0.25) is 0 Å². The number of rotatable bonds is 1. The molecule has 0 nitrogen and oxygen atoms in total. The zero-order valence-corrected chi connectivity index (χ0v) is 22.6. The fourth-order valence-corrected chi connectivity index (χ4v) is 3.30. The minimum atomic E-state index is -2.15. The minimum absolute atomic E-state index is 0. The molecule has 0 bridgehead atoms. The molecule has 0 unspecified atom stereocenters. The Morgan fingerprint density at radius 2 is 1.03 bits per heavy atom. The molecule has 0 aromatic heterocycles. The van der Waals surface area contributed by atoms with Gasteiger partial charge in [-0.25, -0.2) is 22.0 Å². The molecular formula is C27H19Cl2F5Zr-2. The van der Waals surface area contributed by atoms with E-state index in [0.29, 0.717) is 0 Å². The van der Waals surface area contributed by atoms with Gasteiger partial charge in [-0.3, -0.25) is 0 Å².